The Morgan fingerprint density at radius 2 is 1.81 bits per heavy atom. The van der Waals surface area contributed by atoms with Crippen LogP contribution < -0.4 is 20.1 Å². The highest BCUT2D eigenvalue weighted by Crippen LogP contribution is 2.32. The van der Waals surface area contributed by atoms with Gasteiger partial charge in [-0.15, -0.1) is 0 Å². The molecule has 0 saturated heterocycles. The highest BCUT2D eigenvalue weighted by Gasteiger charge is 2.15. The van der Waals surface area contributed by atoms with Crippen LogP contribution in [0.25, 0.3) is 22.0 Å². The number of aromatic nitrogens is 3. The first-order chi connectivity index (χ1) is 15.2. The molecule has 0 atom stereocenters. The van der Waals surface area contributed by atoms with E-state index in [1.54, 1.807) is 20.4 Å². The molecule has 1 aliphatic rings. The van der Waals surface area contributed by atoms with Crippen molar-refractivity contribution < 1.29 is 9.47 Å². The van der Waals surface area contributed by atoms with Crippen molar-refractivity contribution in [3.8, 4) is 22.8 Å². The second-order valence-electron chi connectivity index (χ2n) is 7.43. The van der Waals surface area contributed by atoms with E-state index >= 15 is 0 Å². The predicted molar refractivity (Wildman–Crippen MR) is 121 cm³/mol. The Kier molecular flexibility index (Phi) is 5.09. The molecule has 156 valence electrons. The molecule has 2 N–H and O–H groups in total. The van der Waals surface area contributed by atoms with Crippen molar-refractivity contribution in [3.63, 3.8) is 0 Å². The Morgan fingerprint density at radius 3 is 2.61 bits per heavy atom. The van der Waals surface area contributed by atoms with E-state index in [0.29, 0.717) is 11.8 Å². The van der Waals surface area contributed by atoms with Crippen LogP contribution in [0.3, 0.4) is 0 Å². The lowest BCUT2D eigenvalue weighted by Gasteiger charge is -2.20. The molecule has 0 spiro atoms. The van der Waals surface area contributed by atoms with Crippen molar-refractivity contribution in [1.29, 1.82) is 0 Å². The van der Waals surface area contributed by atoms with E-state index in [2.05, 4.69) is 32.7 Å². The molecule has 7 nitrogen and oxygen atoms in total. The van der Waals surface area contributed by atoms with E-state index in [1.165, 1.54) is 11.1 Å². The molecule has 0 radical (unpaired) electrons. The Balaban J connectivity index is 1.48. The Hall–Kier alpha value is -3.71. The lowest BCUT2D eigenvalue weighted by Crippen LogP contribution is -2.23. The fraction of sp³-hybridized carbons (Fsp3) is 0.208. The van der Waals surface area contributed by atoms with Crippen molar-refractivity contribution in [3.05, 3.63) is 66.0 Å². The van der Waals surface area contributed by atoms with Crippen LogP contribution in [-0.2, 0) is 13.0 Å². The summed E-state index contributed by atoms with van der Waals surface area (Å²) < 4.78 is 10.8. The minimum atomic E-state index is 0.527. The Bertz CT molecular complexity index is 1240. The van der Waals surface area contributed by atoms with Gasteiger partial charge in [-0.2, -0.15) is 0 Å². The molecule has 2 aromatic heterocycles. The number of hydrogen-bond donors (Lipinski definition) is 2. The molecule has 31 heavy (non-hydrogen) atoms. The topological polar surface area (TPSA) is 81.2 Å². The molecule has 0 bridgehead atoms. The van der Waals surface area contributed by atoms with E-state index in [1.807, 2.05) is 36.5 Å². The van der Waals surface area contributed by atoms with Gasteiger partial charge in [0.1, 0.15) is 5.75 Å². The van der Waals surface area contributed by atoms with Gasteiger partial charge in [-0.05, 0) is 53.9 Å². The number of hydrogen-bond acceptors (Lipinski definition) is 7. The van der Waals surface area contributed by atoms with Crippen molar-refractivity contribution in [2.45, 2.75) is 13.0 Å². The lowest BCUT2D eigenvalue weighted by molar-refractivity contribution is 0.398. The van der Waals surface area contributed by atoms with Crippen molar-refractivity contribution in [2.24, 2.45) is 0 Å². The van der Waals surface area contributed by atoms with Gasteiger partial charge in [-0.3, -0.25) is 0 Å². The number of fused-ring (bicyclic) bond motifs is 2. The summed E-state index contributed by atoms with van der Waals surface area (Å²) in [5.41, 5.74) is 6.33. The van der Waals surface area contributed by atoms with Gasteiger partial charge in [0.15, 0.2) is 0 Å². The predicted octanol–water partition coefficient (Wildman–Crippen LogP) is 4.10. The highest BCUT2D eigenvalue weighted by molar-refractivity contribution is 5.84. The van der Waals surface area contributed by atoms with Crippen LogP contribution in [0.1, 0.15) is 11.1 Å². The van der Waals surface area contributed by atoms with Gasteiger partial charge >= 0.3 is 0 Å². The van der Waals surface area contributed by atoms with Gasteiger partial charge in [-0.1, -0.05) is 12.1 Å². The molecule has 2 aromatic carbocycles. The molecule has 0 saturated carbocycles. The zero-order valence-corrected chi connectivity index (χ0v) is 17.5. The number of benzene rings is 2. The van der Waals surface area contributed by atoms with E-state index in [-0.39, 0.29) is 0 Å². The zero-order valence-electron chi connectivity index (χ0n) is 17.5. The second kappa shape index (κ2) is 8.20. The van der Waals surface area contributed by atoms with E-state index < -0.39 is 0 Å². The molecule has 0 unspecified atom stereocenters. The molecular weight excluding hydrogens is 390 g/mol. The summed E-state index contributed by atoms with van der Waals surface area (Å²) in [6, 6.07) is 14.2. The summed E-state index contributed by atoms with van der Waals surface area (Å²) in [7, 11) is 3.29. The molecular formula is C24H23N5O2. The first kappa shape index (κ1) is 19.3. The first-order valence-electron chi connectivity index (χ1n) is 10.2. The second-order valence-corrected chi connectivity index (χ2v) is 7.43. The number of methoxy groups -OCH3 is 2. The number of nitrogens with zero attached hydrogens (tertiary/aromatic N) is 3. The summed E-state index contributed by atoms with van der Waals surface area (Å²) in [4.78, 5) is 13.5. The molecule has 0 aliphatic carbocycles. The quantitative estimate of drug-likeness (QED) is 0.510. The summed E-state index contributed by atoms with van der Waals surface area (Å²) in [6.45, 7) is 1.84. The minimum absolute atomic E-state index is 0.527. The van der Waals surface area contributed by atoms with Crippen LogP contribution in [0.2, 0.25) is 0 Å². The first-order valence-corrected chi connectivity index (χ1v) is 10.2. The Labute approximate surface area is 180 Å². The van der Waals surface area contributed by atoms with Gasteiger partial charge < -0.3 is 20.1 Å². The van der Waals surface area contributed by atoms with E-state index in [9.17, 15) is 0 Å². The maximum atomic E-state index is 5.61. The molecule has 3 heterocycles. The molecule has 5 rings (SSSR count). The number of nitrogens with one attached hydrogen (secondary N) is 2. The SMILES string of the molecule is COc1ccc(-c2ccc3cnc(Nc4cc5c(cc4OC)CCNC5)nc3c2)cn1. The fourth-order valence-electron chi connectivity index (χ4n) is 3.83. The van der Waals surface area contributed by atoms with Crippen LogP contribution in [0, 0.1) is 0 Å². The summed E-state index contributed by atoms with van der Waals surface area (Å²) >= 11 is 0. The fourth-order valence-corrected chi connectivity index (χ4v) is 3.83. The van der Waals surface area contributed by atoms with Crippen LogP contribution in [0.5, 0.6) is 11.6 Å². The summed E-state index contributed by atoms with van der Waals surface area (Å²) in [5.74, 6) is 1.91. The number of rotatable bonds is 5. The third-order valence-corrected chi connectivity index (χ3v) is 5.52. The monoisotopic (exact) mass is 413 g/mol. The molecule has 0 fully saturated rings. The number of anilines is 2. The number of pyridine rings is 1. The highest BCUT2D eigenvalue weighted by atomic mass is 16.5. The Morgan fingerprint density at radius 1 is 0.903 bits per heavy atom. The van der Waals surface area contributed by atoms with Crippen LogP contribution in [0.15, 0.2) is 54.9 Å². The van der Waals surface area contributed by atoms with Crippen molar-refractivity contribution >= 4 is 22.5 Å². The molecule has 4 aromatic rings. The standard InChI is InChI=1S/C24H23N5O2/c1-30-22-11-16-7-8-25-12-19(16)10-21(22)29-24-27-14-18-4-3-15(9-20(18)28-24)17-5-6-23(31-2)26-13-17/h3-6,9-11,13-14,25H,7-8,12H2,1-2H3,(H,27,28,29). The van der Waals surface area contributed by atoms with Gasteiger partial charge in [0.25, 0.3) is 0 Å². The van der Waals surface area contributed by atoms with Crippen molar-refractivity contribution in [1.82, 2.24) is 20.3 Å². The van der Waals surface area contributed by atoms with Crippen LogP contribution in [0.4, 0.5) is 11.6 Å². The largest absolute Gasteiger partial charge is 0.495 e. The molecule has 7 heteroatoms. The normalized spacial score (nSPS) is 13.0. The maximum absolute atomic E-state index is 5.61. The van der Waals surface area contributed by atoms with E-state index in [0.717, 1.165) is 53.0 Å². The lowest BCUT2D eigenvalue weighted by atomic mass is 10.00. The van der Waals surface area contributed by atoms with E-state index in [4.69, 9.17) is 14.5 Å². The van der Waals surface area contributed by atoms with Crippen LogP contribution >= 0.6 is 0 Å². The van der Waals surface area contributed by atoms with Gasteiger partial charge in [0.2, 0.25) is 11.8 Å². The average molecular weight is 413 g/mol. The van der Waals surface area contributed by atoms with Crippen molar-refractivity contribution in [2.75, 3.05) is 26.1 Å². The molecule has 0 amide bonds. The van der Waals surface area contributed by atoms with Gasteiger partial charge in [0.05, 0.1) is 25.4 Å². The van der Waals surface area contributed by atoms with Crippen LogP contribution in [-0.4, -0.2) is 35.7 Å². The summed E-state index contributed by atoms with van der Waals surface area (Å²) in [6.07, 6.45) is 4.63. The third-order valence-electron chi connectivity index (χ3n) is 5.52. The van der Waals surface area contributed by atoms with Gasteiger partial charge in [-0.25, -0.2) is 15.0 Å². The maximum Gasteiger partial charge on any atom is 0.227 e. The number of ether oxygens (including phenoxy) is 2. The molecule has 1 aliphatic heterocycles. The smallest absolute Gasteiger partial charge is 0.227 e. The summed E-state index contributed by atoms with van der Waals surface area (Å²) in [5, 5.41) is 7.72. The van der Waals surface area contributed by atoms with Gasteiger partial charge in [0, 0.05) is 36.0 Å². The third kappa shape index (κ3) is 3.87. The minimum Gasteiger partial charge on any atom is -0.495 e. The average Bonchev–Trinajstić information content (AvgIpc) is 2.83. The zero-order chi connectivity index (χ0) is 21.2.